The van der Waals surface area contributed by atoms with Gasteiger partial charge < -0.3 is 0 Å². The van der Waals surface area contributed by atoms with Crippen molar-refractivity contribution in [2.45, 2.75) is 130 Å². The van der Waals surface area contributed by atoms with Gasteiger partial charge in [-0.3, -0.25) is 0 Å². The standard InChI is InChI=1S/C72H76/c1-43(2)48-36-49(38-52(37-48)72(9,10)11)66-64-39-47(45-21-13-12-14-22-45)31-32-57(64)63(35-44-33-50(70(3,4)5)40-51(34-44)71(6,7)8)68-65-42-61-56-27-18-17-26-55(56)60(54-28-19-24-46-23-15-16-25-53(46)54)41-62(61)58-29-20-30-59(67(58)65)69(66)68/h13,15-17,19-26,28-34,36-43,46,53,55-56,58,67H,12,14,18,27,35H2,1-11H3. The lowest BCUT2D eigenvalue weighted by Gasteiger charge is -2.44. The Balaban J connectivity index is 1.18. The molecule has 0 saturated carbocycles. The van der Waals surface area contributed by atoms with Crippen LogP contribution >= 0.6 is 0 Å². The minimum Gasteiger partial charge on any atom is -0.0879 e. The zero-order valence-corrected chi connectivity index (χ0v) is 45.1. The Kier molecular flexibility index (Phi) is 11.3. The third kappa shape index (κ3) is 7.93. The quantitative estimate of drug-likeness (QED) is 0.169. The molecular weight excluding hydrogens is 865 g/mol. The highest BCUT2D eigenvalue weighted by Gasteiger charge is 2.48. The van der Waals surface area contributed by atoms with Crippen LogP contribution < -0.4 is 0 Å². The van der Waals surface area contributed by atoms with Gasteiger partial charge in [0.2, 0.25) is 0 Å². The normalized spacial score (nSPS) is 24.9. The molecule has 4 aromatic rings. The first-order valence-electron chi connectivity index (χ1n) is 27.7. The zero-order chi connectivity index (χ0) is 50.0. The summed E-state index contributed by atoms with van der Waals surface area (Å²) in [7, 11) is 0. The van der Waals surface area contributed by atoms with Crippen LogP contribution in [0.4, 0.5) is 0 Å². The molecular formula is C72H76. The molecule has 0 saturated heterocycles. The highest BCUT2D eigenvalue weighted by atomic mass is 14.5. The van der Waals surface area contributed by atoms with Gasteiger partial charge in [-0.2, -0.15) is 0 Å². The summed E-state index contributed by atoms with van der Waals surface area (Å²) in [5, 5.41) is 2.78. The second-order valence-electron chi connectivity index (χ2n) is 26.0. The van der Waals surface area contributed by atoms with Crippen molar-refractivity contribution in [3.8, 4) is 11.1 Å². The Morgan fingerprint density at radius 2 is 1.22 bits per heavy atom. The molecule has 6 atom stereocenters. The summed E-state index contributed by atoms with van der Waals surface area (Å²) in [5.74, 6) is 2.49. The van der Waals surface area contributed by atoms with E-state index in [1.54, 1.807) is 22.3 Å². The Labute approximate surface area is 432 Å². The highest BCUT2D eigenvalue weighted by molar-refractivity contribution is 6.14. The molecule has 0 amide bonds. The summed E-state index contributed by atoms with van der Waals surface area (Å²) < 4.78 is 0. The van der Waals surface area contributed by atoms with E-state index in [0.29, 0.717) is 29.6 Å². The van der Waals surface area contributed by atoms with Gasteiger partial charge in [0.15, 0.2) is 0 Å². The highest BCUT2D eigenvalue weighted by Crippen LogP contribution is 2.63. The predicted molar refractivity (Wildman–Crippen MR) is 310 cm³/mol. The summed E-state index contributed by atoms with van der Waals surface area (Å²) >= 11 is 0. The topological polar surface area (TPSA) is 0 Å². The van der Waals surface area contributed by atoms with Crippen LogP contribution in [0, 0.1) is 35.5 Å². The van der Waals surface area contributed by atoms with Crippen molar-refractivity contribution < 1.29 is 0 Å². The Morgan fingerprint density at radius 3 is 1.96 bits per heavy atom. The van der Waals surface area contributed by atoms with Crippen molar-refractivity contribution in [3.63, 3.8) is 0 Å². The van der Waals surface area contributed by atoms with Crippen molar-refractivity contribution in [1.82, 2.24) is 0 Å². The summed E-state index contributed by atoms with van der Waals surface area (Å²) in [6.07, 6.45) is 47.3. The van der Waals surface area contributed by atoms with Crippen LogP contribution in [-0.2, 0) is 22.7 Å². The lowest BCUT2D eigenvalue weighted by Crippen LogP contribution is -2.32. The molecule has 0 fully saturated rings. The molecule has 6 unspecified atom stereocenters. The lowest BCUT2D eigenvalue weighted by atomic mass is 9.60. The van der Waals surface area contributed by atoms with Crippen LogP contribution in [0.2, 0.25) is 0 Å². The fraction of sp³-hybridized carbons (Fsp3) is 0.361. The number of rotatable bonds is 6. The van der Waals surface area contributed by atoms with Crippen LogP contribution in [0.15, 0.2) is 180 Å². The number of allylic oxidation sites excluding steroid dienone is 24. The van der Waals surface area contributed by atoms with Crippen molar-refractivity contribution in [2.75, 3.05) is 0 Å². The maximum absolute atomic E-state index is 2.78. The molecule has 0 spiro atoms. The van der Waals surface area contributed by atoms with Crippen molar-refractivity contribution >= 4 is 27.5 Å². The second-order valence-corrected chi connectivity index (χ2v) is 26.0. The first kappa shape index (κ1) is 47.1. The molecule has 0 heterocycles. The Morgan fingerprint density at radius 1 is 0.528 bits per heavy atom. The predicted octanol–water partition coefficient (Wildman–Crippen LogP) is 19.1. The van der Waals surface area contributed by atoms with E-state index in [0.717, 1.165) is 25.7 Å². The van der Waals surface area contributed by atoms with Gasteiger partial charge in [0.05, 0.1) is 0 Å². The summed E-state index contributed by atoms with van der Waals surface area (Å²) in [6, 6.07) is 22.8. The zero-order valence-electron chi connectivity index (χ0n) is 45.1. The molecule has 8 aliphatic carbocycles. The average molecular weight is 941 g/mol. The Hall–Kier alpha value is -5.98. The molecule has 0 aliphatic heterocycles. The molecule has 4 aromatic carbocycles. The van der Waals surface area contributed by atoms with Crippen molar-refractivity contribution in [1.29, 1.82) is 0 Å². The molecule has 8 aliphatic rings. The van der Waals surface area contributed by atoms with Crippen LogP contribution in [0.3, 0.4) is 0 Å². The van der Waals surface area contributed by atoms with Gasteiger partial charge in [0.1, 0.15) is 0 Å². The number of benzene rings is 4. The maximum atomic E-state index is 2.78. The van der Waals surface area contributed by atoms with Gasteiger partial charge in [-0.25, -0.2) is 0 Å². The first-order valence-corrected chi connectivity index (χ1v) is 27.7. The van der Waals surface area contributed by atoms with Crippen molar-refractivity contribution in [3.05, 3.63) is 230 Å². The molecule has 0 heteroatoms. The van der Waals surface area contributed by atoms with Gasteiger partial charge in [-0.05, 0) is 177 Å². The first-order chi connectivity index (χ1) is 34.4. The molecule has 0 N–H and O–H groups in total. The van der Waals surface area contributed by atoms with E-state index in [2.05, 4.69) is 234 Å². The third-order valence-electron chi connectivity index (χ3n) is 17.8. The van der Waals surface area contributed by atoms with E-state index in [9.17, 15) is 0 Å². The van der Waals surface area contributed by atoms with E-state index in [-0.39, 0.29) is 28.1 Å². The fourth-order valence-electron chi connectivity index (χ4n) is 13.8. The lowest BCUT2D eigenvalue weighted by molar-refractivity contribution is 0.436. The van der Waals surface area contributed by atoms with E-state index in [1.807, 2.05) is 0 Å². The summed E-state index contributed by atoms with van der Waals surface area (Å²) in [6.45, 7) is 26.2. The monoisotopic (exact) mass is 941 g/mol. The van der Waals surface area contributed by atoms with Gasteiger partial charge in [0, 0.05) is 29.6 Å². The molecule has 364 valence electrons. The molecule has 0 bridgehead atoms. The van der Waals surface area contributed by atoms with E-state index in [1.165, 1.54) is 95.1 Å². The molecule has 0 aromatic heterocycles. The molecule has 12 rings (SSSR count). The molecule has 0 radical (unpaired) electrons. The fourth-order valence-corrected chi connectivity index (χ4v) is 13.8. The maximum Gasteiger partial charge on any atom is 0.0206 e. The minimum absolute atomic E-state index is 0.00991. The van der Waals surface area contributed by atoms with Gasteiger partial charge in [-0.1, -0.05) is 228 Å². The van der Waals surface area contributed by atoms with Crippen molar-refractivity contribution in [2.24, 2.45) is 35.5 Å². The van der Waals surface area contributed by atoms with Gasteiger partial charge in [0.25, 0.3) is 0 Å². The summed E-state index contributed by atoms with van der Waals surface area (Å²) in [4.78, 5) is 0. The van der Waals surface area contributed by atoms with Gasteiger partial charge >= 0.3 is 0 Å². The summed E-state index contributed by atoms with van der Waals surface area (Å²) in [5.41, 5.74) is 26.3. The van der Waals surface area contributed by atoms with Crippen LogP contribution in [0.5, 0.6) is 0 Å². The smallest absolute Gasteiger partial charge is 0.0206 e. The minimum atomic E-state index is -0.00991. The third-order valence-corrected chi connectivity index (χ3v) is 17.8. The SMILES string of the molecule is CC(C)c1cc(-c2c3c(c(Cc4cc(C(C)(C)C)cc(C(C)(C)C)c4)c4ccc(C5=CCCC=C5)cc24)C2=CC4=C(C=C(C5=CC=CC6C=CC=CC56)C5C=CCCC45)C4C=CC=C3C24)cc(C(C)(C)C)c1. The van der Waals surface area contributed by atoms with Crippen LogP contribution in [-0.4, -0.2) is 0 Å². The number of hydrogen-bond acceptors (Lipinski definition) is 0. The average Bonchev–Trinajstić information content (AvgIpc) is 3.69. The van der Waals surface area contributed by atoms with E-state index >= 15 is 0 Å². The second kappa shape index (κ2) is 17.3. The van der Waals surface area contributed by atoms with Gasteiger partial charge in [-0.15, -0.1) is 0 Å². The van der Waals surface area contributed by atoms with E-state index in [4.69, 9.17) is 0 Å². The molecule has 0 nitrogen and oxygen atoms in total. The number of hydrogen-bond donors (Lipinski definition) is 0. The Bertz CT molecular complexity index is 3320. The largest absolute Gasteiger partial charge is 0.0879 e. The molecule has 72 heavy (non-hydrogen) atoms. The van der Waals surface area contributed by atoms with Crippen LogP contribution in [0.25, 0.3) is 38.6 Å². The van der Waals surface area contributed by atoms with E-state index < -0.39 is 0 Å². The number of fused-ring (bicyclic) bond motifs is 8. The van der Waals surface area contributed by atoms with Crippen LogP contribution in [0.1, 0.15) is 158 Å².